The highest BCUT2D eigenvalue weighted by Gasteiger charge is 2.14. The van der Waals surface area contributed by atoms with Crippen LogP contribution >= 0.6 is 27.5 Å². The van der Waals surface area contributed by atoms with Crippen LogP contribution in [0, 0.1) is 0 Å². The Morgan fingerprint density at radius 2 is 1.80 bits per heavy atom. The van der Waals surface area contributed by atoms with Gasteiger partial charge >= 0.3 is 5.97 Å². The Balaban J connectivity index is 2.12. The fourth-order valence-electron chi connectivity index (χ4n) is 2.13. The lowest BCUT2D eigenvalue weighted by Crippen LogP contribution is -2.23. The van der Waals surface area contributed by atoms with Crippen LogP contribution in [0.4, 0.5) is 11.4 Å². The Kier molecular flexibility index (Phi) is 6.17. The fourth-order valence-corrected chi connectivity index (χ4v) is 2.64. The van der Waals surface area contributed by atoms with E-state index in [1.807, 2.05) is 0 Å². The molecule has 2 aromatic rings. The Hall–Kier alpha value is -2.38. The first-order valence-electron chi connectivity index (χ1n) is 7.15. The lowest BCUT2D eigenvalue weighted by Gasteiger charge is -2.13. The van der Waals surface area contributed by atoms with Crippen LogP contribution in [-0.2, 0) is 4.79 Å². The van der Waals surface area contributed by atoms with Crippen molar-refractivity contribution >= 4 is 56.6 Å². The maximum atomic E-state index is 12.1. The summed E-state index contributed by atoms with van der Waals surface area (Å²) in [6.45, 7) is 1.25. The van der Waals surface area contributed by atoms with Gasteiger partial charge in [0.25, 0.3) is 0 Å². The molecule has 0 saturated heterocycles. The predicted molar refractivity (Wildman–Crippen MR) is 99.7 cm³/mol. The molecule has 0 unspecified atom stereocenters. The van der Waals surface area contributed by atoms with Gasteiger partial charge in [0.05, 0.1) is 22.8 Å². The van der Waals surface area contributed by atoms with Gasteiger partial charge in [-0.05, 0) is 47.1 Å². The van der Waals surface area contributed by atoms with Crippen LogP contribution in [0.3, 0.4) is 0 Å². The topological polar surface area (TPSA) is 95.5 Å². The second-order valence-electron chi connectivity index (χ2n) is 5.12. The van der Waals surface area contributed by atoms with Crippen molar-refractivity contribution in [1.82, 2.24) is 0 Å². The minimum absolute atomic E-state index is 0.00744. The first-order valence-corrected chi connectivity index (χ1v) is 8.32. The monoisotopic (exact) mass is 424 g/mol. The number of nitrogens with one attached hydrogen (secondary N) is 2. The molecule has 0 aliphatic carbocycles. The quantitative estimate of drug-likeness (QED) is 0.607. The lowest BCUT2D eigenvalue weighted by atomic mass is 10.1. The average molecular weight is 426 g/mol. The molecule has 0 spiro atoms. The third-order valence-electron chi connectivity index (χ3n) is 3.31. The molecule has 0 saturated carbocycles. The van der Waals surface area contributed by atoms with Crippen LogP contribution in [0.15, 0.2) is 40.9 Å². The van der Waals surface area contributed by atoms with Gasteiger partial charge in [-0.2, -0.15) is 0 Å². The Morgan fingerprint density at radius 3 is 2.44 bits per heavy atom. The number of halogens is 2. The van der Waals surface area contributed by atoms with Gasteiger partial charge in [-0.1, -0.05) is 23.7 Å². The summed E-state index contributed by atoms with van der Waals surface area (Å²) in [6, 6.07) is 9.20. The van der Waals surface area contributed by atoms with Gasteiger partial charge in [0.1, 0.15) is 0 Å². The molecule has 0 fully saturated rings. The summed E-state index contributed by atoms with van der Waals surface area (Å²) in [7, 11) is 0. The van der Waals surface area contributed by atoms with Crippen LogP contribution in [0.2, 0.25) is 5.02 Å². The van der Waals surface area contributed by atoms with E-state index in [4.69, 9.17) is 16.7 Å². The van der Waals surface area contributed by atoms with Gasteiger partial charge < -0.3 is 15.7 Å². The summed E-state index contributed by atoms with van der Waals surface area (Å²) in [4.78, 5) is 35.0. The molecule has 0 bridgehead atoms. The molecule has 25 heavy (non-hydrogen) atoms. The van der Waals surface area contributed by atoms with Crippen molar-refractivity contribution < 1.29 is 19.5 Å². The number of carbonyl (C=O) groups excluding carboxylic acids is 2. The van der Waals surface area contributed by atoms with Crippen molar-refractivity contribution in [2.45, 2.75) is 6.92 Å². The molecule has 3 N–H and O–H groups in total. The highest BCUT2D eigenvalue weighted by molar-refractivity contribution is 9.10. The fraction of sp³-hybridized carbons (Fsp3) is 0.118. The molecule has 0 aromatic heterocycles. The number of hydrogen-bond donors (Lipinski definition) is 3. The molecule has 0 aliphatic heterocycles. The summed E-state index contributed by atoms with van der Waals surface area (Å²) in [5.41, 5.74) is 0.992. The van der Waals surface area contributed by atoms with Crippen LogP contribution in [0.1, 0.15) is 27.6 Å². The molecule has 0 heterocycles. The second-order valence-corrected chi connectivity index (χ2v) is 6.38. The number of carboxylic acids is 1. The average Bonchev–Trinajstić information content (AvgIpc) is 2.55. The normalized spacial score (nSPS) is 10.2. The molecule has 1 amide bonds. The van der Waals surface area contributed by atoms with Crippen LogP contribution in [0.5, 0.6) is 0 Å². The summed E-state index contributed by atoms with van der Waals surface area (Å²) in [5.74, 6) is -1.78. The Morgan fingerprint density at radius 1 is 1.12 bits per heavy atom. The van der Waals surface area contributed by atoms with Gasteiger partial charge in [0.2, 0.25) is 5.91 Å². The number of amides is 1. The van der Waals surface area contributed by atoms with E-state index >= 15 is 0 Å². The van der Waals surface area contributed by atoms with E-state index in [0.717, 1.165) is 0 Å². The third kappa shape index (κ3) is 4.80. The van der Waals surface area contributed by atoms with Crippen molar-refractivity contribution in [3.63, 3.8) is 0 Å². The molecular formula is C17H14BrClN2O4. The molecule has 8 heteroatoms. The van der Waals surface area contributed by atoms with Crippen molar-refractivity contribution in [3.8, 4) is 0 Å². The molecular weight excluding hydrogens is 412 g/mol. The predicted octanol–water partition coefficient (Wildman–Crippen LogP) is 4.05. The molecule has 2 rings (SSSR count). The minimum atomic E-state index is -1.14. The molecule has 0 radical (unpaired) electrons. The second kappa shape index (κ2) is 8.13. The highest BCUT2D eigenvalue weighted by Crippen LogP contribution is 2.29. The number of aromatic carboxylic acids is 1. The smallest absolute Gasteiger partial charge is 0.337 e. The van der Waals surface area contributed by atoms with Gasteiger partial charge in [-0.15, -0.1) is 0 Å². The van der Waals surface area contributed by atoms with Gasteiger partial charge in [0, 0.05) is 15.7 Å². The van der Waals surface area contributed by atoms with E-state index in [2.05, 4.69) is 26.6 Å². The molecule has 0 aliphatic rings. The van der Waals surface area contributed by atoms with Crippen molar-refractivity contribution in [2.75, 3.05) is 17.2 Å². The van der Waals surface area contributed by atoms with Crippen molar-refractivity contribution in [2.24, 2.45) is 0 Å². The number of carbonyl (C=O) groups is 3. The van der Waals surface area contributed by atoms with Gasteiger partial charge in [-0.3, -0.25) is 9.59 Å². The summed E-state index contributed by atoms with van der Waals surface area (Å²) >= 11 is 9.27. The number of rotatable bonds is 6. The summed E-state index contributed by atoms with van der Waals surface area (Å²) in [5, 5.41) is 14.9. The maximum Gasteiger partial charge on any atom is 0.337 e. The number of carboxylic acid groups (broad SMARTS) is 1. The number of Topliss-reactive ketones (excluding diaryl/α,β-unsaturated/α-hetero) is 1. The number of benzene rings is 2. The van der Waals surface area contributed by atoms with Gasteiger partial charge in [0.15, 0.2) is 5.78 Å². The zero-order chi connectivity index (χ0) is 18.6. The zero-order valence-corrected chi connectivity index (χ0v) is 15.4. The van der Waals surface area contributed by atoms with E-state index in [1.54, 1.807) is 24.3 Å². The maximum absolute atomic E-state index is 12.1. The minimum Gasteiger partial charge on any atom is -0.478 e. The van der Waals surface area contributed by atoms with E-state index in [-0.39, 0.29) is 23.6 Å². The van der Waals surface area contributed by atoms with Crippen molar-refractivity contribution in [1.29, 1.82) is 0 Å². The molecule has 6 nitrogen and oxygen atoms in total. The van der Waals surface area contributed by atoms with E-state index in [1.165, 1.54) is 19.1 Å². The van der Waals surface area contributed by atoms with Gasteiger partial charge in [-0.25, -0.2) is 4.79 Å². The van der Waals surface area contributed by atoms with Crippen LogP contribution < -0.4 is 10.6 Å². The largest absolute Gasteiger partial charge is 0.478 e. The van der Waals surface area contributed by atoms with Crippen molar-refractivity contribution in [3.05, 3.63) is 57.0 Å². The van der Waals surface area contributed by atoms with E-state index in [0.29, 0.717) is 20.7 Å². The number of para-hydroxylation sites is 1. The number of hydrogen-bond acceptors (Lipinski definition) is 4. The summed E-state index contributed by atoms with van der Waals surface area (Å²) in [6.07, 6.45) is 0. The number of anilines is 2. The van der Waals surface area contributed by atoms with Crippen LogP contribution in [-0.4, -0.2) is 29.3 Å². The summed E-state index contributed by atoms with van der Waals surface area (Å²) < 4.78 is 0.574. The lowest BCUT2D eigenvalue weighted by molar-refractivity contribution is -0.114. The first-order chi connectivity index (χ1) is 11.8. The first kappa shape index (κ1) is 19.0. The standard InChI is InChI=1S/C17H14BrClN2O4/c1-9(22)11-6-12(18)13(19)7-15(11)20-8-16(23)21-14-5-3-2-4-10(14)17(24)25/h2-7,20H,8H2,1H3,(H,21,23)(H,24,25). The van der Waals surface area contributed by atoms with E-state index in [9.17, 15) is 14.4 Å². The molecule has 2 aromatic carbocycles. The Bertz CT molecular complexity index is 855. The molecule has 130 valence electrons. The zero-order valence-electron chi connectivity index (χ0n) is 13.1. The highest BCUT2D eigenvalue weighted by atomic mass is 79.9. The molecule has 0 atom stereocenters. The number of ketones is 1. The van der Waals surface area contributed by atoms with Crippen LogP contribution in [0.25, 0.3) is 0 Å². The SMILES string of the molecule is CC(=O)c1cc(Br)c(Cl)cc1NCC(=O)Nc1ccccc1C(=O)O. The van der Waals surface area contributed by atoms with E-state index < -0.39 is 11.9 Å². The Labute approximate surface area is 157 Å². The third-order valence-corrected chi connectivity index (χ3v) is 4.51.